The highest BCUT2D eigenvalue weighted by molar-refractivity contribution is 5.75. The first-order chi connectivity index (χ1) is 8.47. The highest BCUT2D eigenvalue weighted by Crippen LogP contribution is 2.28. The Bertz CT molecular complexity index is 586. The largest absolute Gasteiger partial charge is 0.397 e. The van der Waals surface area contributed by atoms with E-state index in [2.05, 4.69) is 57.3 Å². The summed E-state index contributed by atoms with van der Waals surface area (Å²) in [7, 11) is 0. The van der Waals surface area contributed by atoms with Crippen molar-refractivity contribution >= 4 is 17.1 Å². The van der Waals surface area contributed by atoms with E-state index in [-0.39, 0.29) is 0 Å². The van der Waals surface area contributed by atoms with Gasteiger partial charge in [-0.05, 0) is 68.1 Å². The number of nitrogens with one attached hydrogen (secondary N) is 1. The Labute approximate surface area is 109 Å². The lowest BCUT2D eigenvalue weighted by atomic mass is 10.1. The molecule has 0 aliphatic rings. The third-order valence-electron chi connectivity index (χ3n) is 3.33. The molecule has 0 unspecified atom stereocenters. The minimum Gasteiger partial charge on any atom is -0.397 e. The SMILES string of the molecule is Cc1ccc(C)c(Nc2cc(C)c(C)cc2N)c1. The fourth-order valence-corrected chi connectivity index (χ4v) is 1.96. The van der Waals surface area contributed by atoms with Gasteiger partial charge in [-0.15, -0.1) is 0 Å². The summed E-state index contributed by atoms with van der Waals surface area (Å²) < 4.78 is 0. The molecule has 18 heavy (non-hydrogen) atoms. The summed E-state index contributed by atoms with van der Waals surface area (Å²) >= 11 is 0. The van der Waals surface area contributed by atoms with E-state index in [0.717, 1.165) is 17.1 Å². The van der Waals surface area contributed by atoms with Gasteiger partial charge < -0.3 is 11.1 Å². The maximum atomic E-state index is 6.06. The lowest BCUT2D eigenvalue weighted by molar-refractivity contribution is 1.33. The van der Waals surface area contributed by atoms with Crippen LogP contribution in [0.2, 0.25) is 0 Å². The highest BCUT2D eigenvalue weighted by Gasteiger charge is 2.05. The van der Waals surface area contributed by atoms with Gasteiger partial charge in [0.25, 0.3) is 0 Å². The van der Waals surface area contributed by atoms with Crippen LogP contribution >= 0.6 is 0 Å². The van der Waals surface area contributed by atoms with Gasteiger partial charge in [0.1, 0.15) is 0 Å². The zero-order valence-corrected chi connectivity index (χ0v) is 11.5. The summed E-state index contributed by atoms with van der Waals surface area (Å²) in [6.45, 7) is 8.36. The number of rotatable bonds is 2. The van der Waals surface area contributed by atoms with Crippen LogP contribution in [0.15, 0.2) is 30.3 Å². The standard InChI is InChI=1S/C16H20N2/c1-10-5-6-11(2)15(7-10)18-16-9-13(4)12(3)8-14(16)17/h5-9,18H,17H2,1-4H3. The van der Waals surface area contributed by atoms with Crippen molar-refractivity contribution in [2.24, 2.45) is 0 Å². The molecule has 2 aromatic rings. The van der Waals surface area contributed by atoms with E-state index >= 15 is 0 Å². The zero-order chi connectivity index (χ0) is 13.3. The van der Waals surface area contributed by atoms with E-state index in [4.69, 9.17) is 5.73 Å². The first-order valence-corrected chi connectivity index (χ1v) is 6.18. The molecule has 0 aromatic heterocycles. The molecule has 0 amide bonds. The van der Waals surface area contributed by atoms with Crippen molar-refractivity contribution < 1.29 is 0 Å². The average Bonchev–Trinajstić information content (AvgIpc) is 2.30. The first-order valence-electron chi connectivity index (χ1n) is 6.18. The molecular weight excluding hydrogens is 220 g/mol. The summed E-state index contributed by atoms with van der Waals surface area (Å²) in [6, 6.07) is 10.5. The van der Waals surface area contributed by atoms with Crippen LogP contribution in [0.3, 0.4) is 0 Å². The fraction of sp³-hybridized carbons (Fsp3) is 0.250. The molecule has 3 N–H and O–H groups in total. The quantitative estimate of drug-likeness (QED) is 0.770. The monoisotopic (exact) mass is 240 g/mol. The molecule has 0 aliphatic heterocycles. The zero-order valence-electron chi connectivity index (χ0n) is 11.5. The van der Waals surface area contributed by atoms with E-state index in [0.29, 0.717) is 0 Å². The Morgan fingerprint density at radius 3 is 2.17 bits per heavy atom. The number of benzene rings is 2. The van der Waals surface area contributed by atoms with Crippen LogP contribution in [0.25, 0.3) is 0 Å². The van der Waals surface area contributed by atoms with Gasteiger partial charge in [0, 0.05) is 5.69 Å². The van der Waals surface area contributed by atoms with Crippen LogP contribution < -0.4 is 11.1 Å². The van der Waals surface area contributed by atoms with Crippen LogP contribution in [0.4, 0.5) is 17.1 Å². The maximum Gasteiger partial charge on any atom is 0.0620 e. The molecule has 0 heterocycles. The molecule has 0 bridgehead atoms. The van der Waals surface area contributed by atoms with Gasteiger partial charge in [-0.3, -0.25) is 0 Å². The Morgan fingerprint density at radius 2 is 1.44 bits per heavy atom. The van der Waals surface area contributed by atoms with Gasteiger partial charge in [-0.25, -0.2) is 0 Å². The third-order valence-corrected chi connectivity index (χ3v) is 3.33. The van der Waals surface area contributed by atoms with Gasteiger partial charge in [0.15, 0.2) is 0 Å². The maximum absolute atomic E-state index is 6.06. The Kier molecular flexibility index (Phi) is 3.28. The molecule has 0 saturated heterocycles. The van der Waals surface area contributed by atoms with Crippen LogP contribution in [-0.4, -0.2) is 0 Å². The Balaban J connectivity index is 2.40. The van der Waals surface area contributed by atoms with E-state index in [1.54, 1.807) is 0 Å². The molecule has 0 spiro atoms. The van der Waals surface area contributed by atoms with Gasteiger partial charge in [-0.1, -0.05) is 12.1 Å². The first kappa shape index (κ1) is 12.5. The van der Waals surface area contributed by atoms with Crippen molar-refractivity contribution in [3.63, 3.8) is 0 Å². The predicted molar refractivity (Wildman–Crippen MR) is 79.5 cm³/mol. The van der Waals surface area contributed by atoms with Gasteiger partial charge in [0.2, 0.25) is 0 Å². The number of anilines is 3. The van der Waals surface area contributed by atoms with Crippen molar-refractivity contribution in [1.82, 2.24) is 0 Å². The smallest absolute Gasteiger partial charge is 0.0620 e. The molecule has 0 radical (unpaired) electrons. The predicted octanol–water partition coefficient (Wildman–Crippen LogP) is 4.25. The fourth-order valence-electron chi connectivity index (χ4n) is 1.96. The molecule has 2 rings (SSSR count). The molecule has 0 atom stereocenters. The summed E-state index contributed by atoms with van der Waals surface area (Å²) in [5.74, 6) is 0. The van der Waals surface area contributed by atoms with Crippen molar-refractivity contribution in [3.8, 4) is 0 Å². The molecular formula is C16H20N2. The van der Waals surface area contributed by atoms with Gasteiger partial charge in [0.05, 0.1) is 11.4 Å². The van der Waals surface area contributed by atoms with E-state index in [9.17, 15) is 0 Å². The summed E-state index contributed by atoms with van der Waals surface area (Å²) in [4.78, 5) is 0. The number of hydrogen-bond donors (Lipinski definition) is 2. The second-order valence-electron chi connectivity index (χ2n) is 4.97. The van der Waals surface area contributed by atoms with Crippen LogP contribution in [0.5, 0.6) is 0 Å². The topological polar surface area (TPSA) is 38.0 Å². The Hall–Kier alpha value is -1.96. The van der Waals surface area contributed by atoms with Crippen LogP contribution in [0, 0.1) is 27.7 Å². The van der Waals surface area contributed by atoms with Gasteiger partial charge >= 0.3 is 0 Å². The average molecular weight is 240 g/mol. The number of hydrogen-bond acceptors (Lipinski definition) is 2. The molecule has 0 fully saturated rings. The van der Waals surface area contributed by atoms with Crippen LogP contribution in [0.1, 0.15) is 22.3 Å². The summed E-state index contributed by atoms with van der Waals surface area (Å²) in [5, 5.41) is 3.42. The molecule has 2 aromatic carbocycles. The molecule has 0 saturated carbocycles. The van der Waals surface area contributed by atoms with Crippen LogP contribution in [-0.2, 0) is 0 Å². The summed E-state index contributed by atoms with van der Waals surface area (Å²) in [6.07, 6.45) is 0. The lowest BCUT2D eigenvalue weighted by Gasteiger charge is -2.14. The molecule has 2 nitrogen and oxygen atoms in total. The van der Waals surface area contributed by atoms with E-state index in [1.165, 1.54) is 22.3 Å². The molecule has 0 aliphatic carbocycles. The normalized spacial score (nSPS) is 10.4. The van der Waals surface area contributed by atoms with Crippen molar-refractivity contribution in [1.29, 1.82) is 0 Å². The number of nitrogens with two attached hydrogens (primary N) is 1. The third kappa shape index (κ3) is 2.48. The van der Waals surface area contributed by atoms with Crippen molar-refractivity contribution in [2.75, 3.05) is 11.1 Å². The van der Waals surface area contributed by atoms with Crippen molar-refractivity contribution in [2.45, 2.75) is 27.7 Å². The minimum atomic E-state index is 0.791. The van der Waals surface area contributed by atoms with E-state index < -0.39 is 0 Å². The second kappa shape index (κ2) is 4.73. The molecule has 94 valence electrons. The van der Waals surface area contributed by atoms with Crippen molar-refractivity contribution in [3.05, 3.63) is 52.6 Å². The second-order valence-corrected chi connectivity index (χ2v) is 4.97. The lowest BCUT2D eigenvalue weighted by Crippen LogP contribution is -2.00. The Morgan fingerprint density at radius 1 is 0.778 bits per heavy atom. The van der Waals surface area contributed by atoms with E-state index in [1.807, 2.05) is 6.07 Å². The molecule has 2 heteroatoms. The number of nitrogen functional groups attached to an aromatic ring is 1. The number of aryl methyl sites for hydroxylation is 4. The van der Waals surface area contributed by atoms with Gasteiger partial charge in [-0.2, -0.15) is 0 Å². The minimum absolute atomic E-state index is 0.791. The summed E-state index contributed by atoms with van der Waals surface area (Å²) in [5.41, 5.74) is 13.9. The highest BCUT2D eigenvalue weighted by atomic mass is 14.9.